The molecule has 0 aromatic heterocycles. The molecule has 1 saturated heterocycles. The topological polar surface area (TPSA) is 93.1 Å². The second-order valence-corrected chi connectivity index (χ2v) is 8.87. The molecular formula is C22H30O6. The maximum atomic E-state index is 12.7. The SMILES string of the molecule is CC(=O)CC[C@]1(C)CC[C@@]2(C(C)C)O[C@H](O)[C@@H](OC(=O)c3ccc(O)cc3)[C@@H]12. The minimum Gasteiger partial charge on any atom is -0.508 e. The number of hydrogen-bond donors (Lipinski definition) is 2. The van der Waals surface area contributed by atoms with Crippen molar-refractivity contribution in [3.63, 3.8) is 0 Å². The van der Waals surface area contributed by atoms with Crippen molar-refractivity contribution in [2.45, 2.75) is 71.4 Å². The summed E-state index contributed by atoms with van der Waals surface area (Å²) in [6.45, 7) is 7.80. The van der Waals surface area contributed by atoms with Crippen LogP contribution in [0.4, 0.5) is 0 Å². The highest BCUT2D eigenvalue weighted by molar-refractivity contribution is 5.89. The molecule has 0 spiro atoms. The Balaban J connectivity index is 1.89. The van der Waals surface area contributed by atoms with Gasteiger partial charge >= 0.3 is 5.97 Å². The predicted octanol–water partition coefficient (Wildman–Crippen LogP) is 3.45. The molecule has 28 heavy (non-hydrogen) atoms. The van der Waals surface area contributed by atoms with Gasteiger partial charge in [0, 0.05) is 12.3 Å². The maximum absolute atomic E-state index is 12.7. The van der Waals surface area contributed by atoms with E-state index in [0.29, 0.717) is 18.4 Å². The fraction of sp³-hybridized carbons (Fsp3) is 0.636. The van der Waals surface area contributed by atoms with Gasteiger partial charge in [-0.1, -0.05) is 20.8 Å². The summed E-state index contributed by atoms with van der Waals surface area (Å²) in [6.07, 6.45) is 0.728. The number of phenolic OH excluding ortho intramolecular Hbond substituents is 1. The van der Waals surface area contributed by atoms with Crippen molar-refractivity contribution >= 4 is 11.8 Å². The summed E-state index contributed by atoms with van der Waals surface area (Å²) in [7, 11) is 0. The number of phenols is 1. The molecule has 1 aromatic rings. The molecule has 0 bridgehead atoms. The monoisotopic (exact) mass is 390 g/mol. The largest absolute Gasteiger partial charge is 0.508 e. The number of rotatable bonds is 6. The third kappa shape index (κ3) is 3.55. The number of benzene rings is 1. The van der Waals surface area contributed by atoms with Gasteiger partial charge < -0.3 is 24.5 Å². The molecule has 2 N–H and O–H groups in total. The highest BCUT2D eigenvalue weighted by Gasteiger charge is 2.67. The first-order chi connectivity index (χ1) is 13.1. The van der Waals surface area contributed by atoms with Crippen LogP contribution in [0.3, 0.4) is 0 Å². The zero-order chi connectivity index (χ0) is 20.7. The number of hydrogen-bond acceptors (Lipinski definition) is 6. The first kappa shape index (κ1) is 20.8. The molecule has 1 aromatic carbocycles. The first-order valence-corrected chi connectivity index (χ1v) is 9.94. The summed E-state index contributed by atoms with van der Waals surface area (Å²) < 4.78 is 11.8. The summed E-state index contributed by atoms with van der Waals surface area (Å²) in [6, 6.07) is 5.81. The average Bonchev–Trinajstić information content (AvgIpc) is 3.08. The van der Waals surface area contributed by atoms with Crippen LogP contribution >= 0.6 is 0 Å². The van der Waals surface area contributed by atoms with Crippen LogP contribution in [0, 0.1) is 17.3 Å². The van der Waals surface area contributed by atoms with Gasteiger partial charge in [0.25, 0.3) is 0 Å². The van der Waals surface area contributed by atoms with Crippen molar-refractivity contribution in [1.29, 1.82) is 0 Å². The molecular weight excluding hydrogens is 360 g/mol. The van der Waals surface area contributed by atoms with Gasteiger partial charge in [-0.15, -0.1) is 0 Å². The van der Waals surface area contributed by atoms with Gasteiger partial charge in [-0.05, 0) is 61.8 Å². The second-order valence-electron chi connectivity index (χ2n) is 8.87. The Labute approximate surface area is 165 Å². The number of aliphatic hydroxyl groups is 1. The third-order valence-corrected chi connectivity index (χ3v) is 6.69. The smallest absolute Gasteiger partial charge is 0.338 e. The van der Waals surface area contributed by atoms with Gasteiger partial charge in [-0.2, -0.15) is 0 Å². The van der Waals surface area contributed by atoms with Crippen molar-refractivity contribution < 1.29 is 29.3 Å². The Morgan fingerprint density at radius 3 is 2.46 bits per heavy atom. The highest BCUT2D eigenvalue weighted by atomic mass is 16.7. The lowest BCUT2D eigenvalue weighted by atomic mass is 9.68. The van der Waals surface area contributed by atoms with Crippen molar-refractivity contribution in [2.75, 3.05) is 0 Å². The van der Waals surface area contributed by atoms with E-state index >= 15 is 0 Å². The molecule has 0 radical (unpaired) electrons. The van der Waals surface area contributed by atoms with E-state index in [1.807, 2.05) is 0 Å². The summed E-state index contributed by atoms with van der Waals surface area (Å²) in [5.74, 6) is -0.445. The summed E-state index contributed by atoms with van der Waals surface area (Å²) in [5.41, 5.74) is -0.548. The van der Waals surface area contributed by atoms with E-state index in [9.17, 15) is 19.8 Å². The van der Waals surface area contributed by atoms with Gasteiger partial charge in [0.15, 0.2) is 12.4 Å². The van der Waals surface area contributed by atoms with Crippen LogP contribution in [0.5, 0.6) is 5.75 Å². The number of aromatic hydroxyl groups is 1. The van der Waals surface area contributed by atoms with E-state index < -0.39 is 24.0 Å². The van der Waals surface area contributed by atoms with Crippen molar-refractivity contribution in [3.8, 4) is 5.75 Å². The van der Waals surface area contributed by atoms with E-state index in [1.54, 1.807) is 6.92 Å². The normalized spacial score (nSPS) is 34.4. The lowest BCUT2D eigenvalue weighted by Crippen LogP contribution is -2.45. The average molecular weight is 390 g/mol. The summed E-state index contributed by atoms with van der Waals surface area (Å²) in [4.78, 5) is 24.3. The summed E-state index contributed by atoms with van der Waals surface area (Å²) in [5, 5.41) is 20.1. The molecule has 3 rings (SSSR count). The van der Waals surface area contributed by atoms with Gasteiger partial charge in [0.1, 0.15) is 11.5 Å². The highest BCUT2D eigenvalue weighted by Crippen LogP contribution is 2.62. The van der Waals surface area contributed by atoms with Crippen molar-refractivity contribution in [1.82, 2.24) is 0 Å². The fourth-order valence-corrected chi connectivity index (χ4v) is 5.09. The number of carbonyl (C=O) groups is 2. The molecule has 2 aliphatic rings. The van der Waals surface area contributed by atoms with Crippen LogP contribution in [0.15, 0.2) is 24.3 Å². The number of Topliss-reactive ketones (excluding diaryl/α,β-unsaturated/α-hetero) is 1. The number of esters is 1. The van der Waals surface area contributed by atoms with E-state index in [0.717, 1.165) is 12.8 Å². The molecule has 1 aliphatic heterocycles. The minimum atomic E-state index is -1.20. The maximum Gasteiger partial charge on any atom is 0.338 e. The van der Waals surface area contributed by atoms with Crippen molar-refractivity contribution in [2.24, 2.45) is 17.3 Å². The lowest BCUT2D eigenvalue weighted by Gasteiger charge is -2.39. The molecule has 5 atom stereocenters. The number of aliphatic hydroxyl groups excluding tert-OH is 1. The number of ketones is 1. The van der Waals surface area contributed by atoms with Crippen LogP contribution in [-0.2, 0) is 14.3 Å². The van der Waals surface area contributed by atoms with Gasteiger partial charge in [0.2, 0.25) is 0 Å². The van der Waals surface area contributed by atoms with E-state index in [2.05, 4.69) is 20.8 Å². The third-order valence-electron chi connectivity index (χ3n) is 6.69. The first-order valence-electron chi connectivity index (χ1n) is 9.94. The number of fused-ring (bicyclic) bond motifs is 1. The predicted molar refractivity (Wildman–Crippen MR) is 103 cm³/mol. The Morgan fingerprint density at radius 2 is 1.89 bits per heavy atom. The second kappa shape index (κ2) is 7.48. The van der Waals surface area contributed by atoms with Crippen LogP contribution < -0.4 is 0 Å². The molecule has 0 unspecified atom stereocenters. The molecule has 2 fully saturated rings. The molecule has 0 amide bonds. The molecule has 1 saturated carbocycles. The molecule has 6 heteroatoms. The van der Waals surface area contributed by atoms with Gasteiger partial charge in [-0.25, -0.2) is 4.79 Å². The van der Waals surface area contributed by atoms with Gasteiger partial charge in [-0.3, -0.25) is 0 Å². The van der Waals surface area contributed by atoms with Crippen molar-refractivity contribution in [3.05, 3.63) is 29.8 Å². The number of carbonyl (C=O) groups excluding carboxylic acids is 2. The Hall–Kier alpha value is -1.92. The van der Waals surface area contributed by atoms with Crippen LogP contribution in [0.2, 0.25) is 0 Å². The standard InChI is InChI=1S/C22H30O6/c1-13(2)22-12-11-21(4,10-9-14(3)23)18(22)17(20(26)28-22)27-19(25)15-5-7-16(24)8-6-15/h5-8,13,17-18,20,24,26H,9-12H2,1-4H3/t17-,18-,20-,21+,22-/m0/s1. The van der Waals surface area contributed by atoms with Crippen LogP contribution in [0.25, 0.3) is 0 Å². The molecule has 6 nitrogen and oxygen atoms in total. The van der Waals surface area contributed by atoms with E-state index in [1.165, 1.54) is 24.3 Å². The Kier molecular flexibility index (Phi) is 5.56. The Morgan fingerprint density at radius 1 is 1.25 bits per heavy atom. The lowest BCUT2D eigenvalue weighted by molar-refractivity contribution is -0.173. The molecule has 1 aliphatic carbocycles. The Bertz CT molecular complexity index is 742. The zero-order valence-corrected chi connectivity index (χ0v) is 17.0. The quantitative estimate of drug-likeness (QED) is 0.723. The van der Waals surface area contributed by atoms with E-state index in [4.69, 9.17) is 9.47 Å². The van der Waals surface area contributed by atoms with Crippen LogP contribution in [-0.4, -0.2) is 40.0 Å². The van der Waals surface area contributed by atoms with Crippen LogP contribution in [0.1, 0.15) is 63.7 Å². The summed E-state index contributed by atoms with van der Waals surface area (Å²) >= 11 is 0. The van der Waals surface area contributed by atoms with E-state index in [-0.39, 0.29) is 28.8 Å². The number of ether oxygens (including phenoxy) is 2. The fourth-order valence-electron chi connectivity index (χ4n) is 5.09. The molecule has 1 heterocycles. The zero-order valence-electron chi connectivity index (χ0n) is 17.0. The van der Waals surface area contributed by atoms with Gasteiger partial charge in [0.05, 0.1) is 11.2 Å². The molecule has 154 valence electrons. The minimum absolute atomic E-state index is 0.0622.